The van der Waals surface area contributed by atoms with E-state index < -0.39 is 0 Å². The van der Waals surface area contributed by atoms with Crippen LogP contribution in [0.2, 0.25) is 0 Å². The van der Waals surface area contributed by atoms with Crippen LogP contribution in [0.3, 0.4) is 0 Å². The molecule has 2 unspecified atom stereocenters. The molecule has 0 bridgehead atoms. The van der Waals surface area contributed by atoms with Crippen molar-refractivity contribution < 1.29 is 4.79 Å². The molecule has 0 heterocycles. The average molecular weight is 206 g/mol. The smallest absolute Gasteiger partial charge is 0.162 e. The zero-order valence-corrected chi connectivity index (χ0v) is 10.3. The van der Waals surface area contributed by atoms with Crippen molar-refractivity contribution in [2.45, 2.75) is 40.5 Å². The number of rotatable bonds is 2. The summed E-state index contributed by atoms with van der Waals surface area (Å²) in [5.41, 5.74) is 1.17. The number of ketones is 1. The van der Waals surface area contributed by atoms with E-state index in [2.05, 4.69) is 27.4 Å². The molecule has 0 N–H and O–H groups in total. The Morgan fingerprint density at radius 1 is 1.53 bits per heavy atom. The molecule has 0 aromatic carbocycles. The van der Waals surface area contributed by atoms with Crippen LogP contribution in [0, 0.1) is 17.3 Å². The van der Waals surface area contributed by atoms with Crippen LogP contribution in [0.4, 0.5) is 0 Å². The quantitative estimate of drug-likeness (QED) is 0.496. The highest BCUT2D eigenvalue weighted by atomic mass is 16.1. The molecule has 0 radical (unpaired) electrons. The van der Waals surface area contributed by atoms with Gasteiger partial charge in [-0.2, -0.15) is 0 Å². The maximum absolute atomic E-state index is 12.0. The second-order valence-corrected chi connectivity index (χ2v) is 5.50. The maximum atomic E-state index is 12.0. The van der Waals surface area contributed by atoms with Crippen molar-refractivity contribution in [3.8, 4) is 0 Å². The van der Waals surface area contributed by atoms with Crippen LogP contribution in [-0.4, -0.2) is 5.78 Å². The second kappa shape index (κ2) is 4.34. The van der Waals surface area contributed by atoms with Crippen LogP contribution in [0.1, 0.15) is 40.5 Å². The van der Waals surface area contributed by atoms with Gasteiger partial charge in [0.1, 0.15) is 0 Å². The standard InChI is InChI=1S/C14H22O/c1-6-7-12(15)13-11(3)8-10(2)9-14(13,4)5/h6-7,10,13H,3,8-9H2,1-2,4-5H3. The van der Waals surface area contributed by atoms with Crippen molar-refractivity contribution in [1.82, 2.24) is 0 Å². The normalized spacial score (nSPS) is 30.8. The molecule has 0 amide bonds. The SMILES string of the molecule is C=C1CC(C)CC(C)(C)C1C(=O)C=CC. The number of hydrogen-bond acceptors (Lipinski definition) is 1. The van der Waals surface area contributed by atoms with Gasteiger partial charge in [0, 0.05) is 5.92 Å². The Morgan fingerprint density at radius 2 is 2.13 bits per heavy atom. The van der Waals surface area contributed by atoms with Crippen molar-refractivity contribution >= 4 is 5.78 Å². The molecule has 0 aliphatic heterocycles. The van der Waals surface area contributed by atoms with Crippen molar-refractivity contribution in [3.63, 3.8) is 0 Å². The Kier molecular flexibility index (Phi) is 3.54. The number of hydrogen-bond donors (Lipinski definition) is 0. The van der Waals surface area contributed by atoms with Crippen LogP contribution >= 0.6 is 0 Å². The molecule has 2 atom stereocenters. The predicted octanol–water partition coefficient (Wildman–Crippen LogP) is 3.76. The summed E-state index contributed by atoms with van der Waals surface area (Å²) in [5, 5.41) is 0. The van der Waals surface area contributed by atoms with Gasteiger partial charge < -0.3 is 0 Å². The summed E-state index contributed by atoms with van der Waals surface area (Å²) in [6.07, 6.45) is 5.62. The first-order valence-corrected chi connectivity index (χ1v) is 5.72. The number of allylic oxidation sites excluding steroid dienone is 3. The van der Waals surface area contributed by atoms with Crippen LogP contribution in [-0.2, 0) is 4.79 Å². The molecule has 0 spiro atoms. The summed E-state index contributed by atoms with van der Waals surface area (Å²) in [4.78, 5) is 12.0. The Balaban J connectivity index is 2.94. The zero-order chi connectivity index (χ0) is 11.6. The summed E-state index contributed by atoms with van der Waals surface area (Å²) < 4.78 is 0. The van der Waals surface area contributed by atoms with Crippen LogP contribution in [0.15, 0.2) is 24.3 Å². The number of carbonyl (C=O) groups excluding carboxylic acids is 1. The molecule has 0 saturated heterocycles. The highest BCUT2D eigenvalue weighted by molar-refractivity contribution is 5.94. The fourth-order valence-corrected chi connectivity index (χ4v) is 3.05. The number of carbonyl (C=O) groups is 1. The summed E-state index contributed by atoms with van der Waals surface area (Å²) in [6, 6.07) is 0. The molecule has 1 rings (SSSR count). The van der Waals surface area contributed by atoms with E-state index in [-0.39, 0.29) is 17.1 Å². The average Bonchev–Trinajstić information content (AvgIpc) is 1.99. The minimum absolute atomic E-state index is 0.0184. The molecule has 84 valence electrons. The summed E-state index contributed by atoms with van der Waals surface area (Å²) in [5.74, 6) is 0.895. The fraction of sp³-hybridized carbons (Fsp3) is 0.643. The van der Waals surface area contributed by atoms with Crippen molar-refractivity contribution in [3.05, 3.63) is 24.3 Å². The molecule has 1 heteroatoms. The van der Waals surface area contributed by atoms with Crippen molar-refractivity contribution in [2.75, 3.05) is 0 Å². The van der Waals surface area contributed by atoms with Gasteiger partial charge in [0.15, 0.2) is 5.78 Å². The van der Waals surface area contributed by atoms with Crippen molar-refractivity contribution in [2.24, 2.45) is 17.3 Å². The first-order chi connectivity index (χ1) is 6.88. The van der Waals surface area contributed by atoms with Gasteiger partial charge in [-0.05, 0) is 37.2 Å². The van der Waals surface area contributed by atoms with Gasteiger partial charge in [0.25, 0.3) is 0 Å². The Hall–Kier alpha value is -0.850. The van der Waals surface area contributed by atoms with E-state index in [1.807, 2.05) is 13.0 Å². The maximum Gasteiger partial charge on any atom is 0.162 e. The lowest BCUT2D eigenvalue weighted by Crippen LogP contribution is -2.37. The lowest BCUT2D eigenvalue weighted by Gasteiger charge is -2.41. The fourth-order valence-electron chi connectivity index (χ4n) is 3.05. The molecular weight excluding hydrogens is 184 g/mol. The first kappa shape index (κ1) is 12.2. The van der Waals surface area contributed by atoms with E-state index in [4.69, 9.17) is 0 Å². The van der Waals surface area contributed by atoms with Gasteiger partial charge >= 0.3 is 0 Å². The Morgan fingerprint density at radius 3 is 2.60 bits per heavy atom. The lowest BCUT2D eigenvalue weighted by molar-refractivity contribution is -0.121. The highest BCUT2D eigenvalue weighted by Crippen LogP contribution is 2.46. The molecular formula is C14H22O. The third-order valence-corrected chi connectivity index (χ3v) is 3.29. The third-order valence-electron chi connectivity index (χ3n) is 3.29. The van der Waals surface area contributed by atoms with E-state index >= 15 is 0 Å². The Bertz CT molecular complexity index is 296. The lowest BCUT2D eigenvalue weighted by atomic mass is 9.62. The van der Waals surface area contributed by atoms with Gasteiger partial charge in [-0.15, -0.1) is 0 Å². The molecule has 1 fully saturated rings. The zero-order valence-electron chi connectivity index (χ0n) is 10.3. The minimum Gasteiger partial charge on any atom is -0.294 e. The summed E-state index contributed by atoms with van der Waals surface area (Å²) >= 11 is 0. The van der Waals surface area contributed by atoms with E-state index in [1.54, 1.807) is 6.08 Å². The molecule has 1 aliphatic carbocycles. The highest BCUT2D eigenvalue weighted by Gasteiger charge is 2.40. The van der Waals surface area contributed by atoms with Crippen LogP contribution < -0.4 is 0 Å². The largest absolute Gasteiger partial charge is 0.294 e. The van der Waals surface area contributed by atoms with Crippen LogP contribution in [0.5, 0.6) is 0 Å². The first-order valence-electron chi connectivity index (χ1n) is 5.72. The third kappa shape index (κ3) is 2.58. The molecule has 0 aromatic heterocycles. The summed E-state index contributed by atoms with van der Waals surface area (Å²) in [7, 11) is 0. The predicted molar refractivity (Wildman–Crippen MR) is 64.6 cm³/mol. The van der Waals surface area contributed by atoms with E-state index in [0.29, 0.717) is 5.92 Å². The summed E-state index contributed by atoms with van der Waals surface area (Å²) in [6.45, 7) is 12.6. The van der Waals surface area contributed by atoms with Crippen LogP contribution in [0.25, 0.3) is 0 Å². The van der Waals surface area contributed by atoms with Crippen molar-refractivity contribution in [1.29, 1.82) is 0 Å². The molecule has 15 heavy (non-hydrogen) atoms. The molecule has 1 aliphatic rings. The molecule has 1 saturated carbocycles. The molecule has 1 nitrogen and oxygen atoms in total. The van der Waals surface area contributed by atoms with Gasteiger partial charge in [-0.25, -0.2) is 0 Å². The van der Waals surface area contributed by atoms with E-state index in [9.17, 15) is 4.79 Å². The minimum atomic E-state index is 0.0184. The van der Waals surface area contributed by atoms with E-state index in [1.165, 1.54) is 0 Å². The molecule has 0 aromatic rings. The monoisotopic (exact) mass is 206 g/mol. The van der Waals surface area contributed by atoms with Gasteiger partial charge in [0.05, 0.1) is 0 Å². The topological polar surface area (TPSA) is 17.1 Å². The Labute approximate surface area is 93.3 Å². The van der Waals surface area contributed by atoms with Gasteiger partial charge in [-0.3, -0.25) is 4.79 Å². The van der Waals surface area contributed by atoms with Gasteiger partial charge in [-0.1, -0.05) is 39.0 Å². The van der Waals surface area contributed by atoms with E-state index in [0.717, 1.165) is 18.4 Å². The second-order valence-electron chi connectivity index (χ2n) is 5.50. The van der Waals surface area contributed by atoms with Gasteiger partial charge in [0.2, 0.25) is 0 Å².